The van der Waals surface area contributed by atoms with Crippen LogP contribution < -0.4 is 178 Å². The third kappa shape index (κ3) is 31.0. The number of aliphatic carboxylic acids is 1. The number of esters is 2. The number of methoxy groups -OCH3 is 6. The second kappa shape index (κ2) is 55.9. The van der Waals surface area contributed by atoms with E-state index in [9.17, 15) is 23.9 Å². The van der Waals surface area contributed by atoms with Crippen molar-refractivity contribution in [3.63, 3.8) is 0 Å². The third-order valence-electron chi connectivity index (χ3n) is 17.4. The molecule has 0 aliphatic heterocycles. The summed E-state index contributed by atoms with van der Waals surface area (Å²) in [6.45, 7) is 5.82. The first kappa shape index (κ1) is 109. The maximum Gasteiger partial charge on any atom is 1.00 e. The number of ether oxygens (including phenoxy) is 11. The van der Waals surface area contributed by atoms with Crippen molar-refractivity contribution in [3.05, 3.63) is 252 Å². The Balaban J connectivity index is 0.000000562. The molecule has 0 bridgehead atoms. The fourth-order valence-electron chi connectivity index (χ4n) is 12.1. The molecule has 3 heterocycles. The summed E-state index contributed by atoms with van der Waals surface area (Å²) < 4.78 is 122. The quantitative estimate of drug-likeness (QED) is 0.00836. The molecule has 0 unspecified atom stereocenters. The molecule has 3 aromatic heterocycles. The predicted octanol–water partition coefficient (Wildman–Crippen LogP) is 4.24. The minimum atomic E-state index is -1.78. The molecular formula is C86H92BClF3IK2LiN3O24. The molecule has 0 amide bonds. The normalized spacial score (nSPS) is 10.3. The molecule has 10 N–H and O–H groups in total. The van der Waals surface area contributed by atoms with Crippen LogP contribution >= 0.6 is 35.0 Å². The topological polar surface area (TPSA) is 410 Å². The van der Waals surface area contributed by atoms with Crippen molar-refractivity contribution in [2.24, 2.45) is 17.2 Å². The van der Waals surface area contributed by atoms with E-state index in [-0.39, 0.29) is 236 Å². The van der Waals surface area contributed by atoms with E-state index in [0.29, 0.717) is 128 Å². The SMILES string of the molecule is CCOC(=O)Cc1ccc(OC)cc1OCc1cc(-c2cccc(CN)c2F)c2oc(COC)cc2c1.CCOC(=O)Cc1ccc(OC)cc1OCc1cc(I)c2oc(COC)cc2c1.COCc1cc2cc(COc3cc(OC)ccc3CC(=O)O)cc(-c3cccc(CN)c3F)c2o1.Cl.NCc1cccc(B(O)O)c1F.O=CO[O-].[H-].[K+].[K+].[Li+].[OH-]. The van der Waals surface area contributed by atoms with E-state index >= 15 is 8.78 Å². The molecule has 9 aromatic carbocycles. The molecular weight excluding hydrogens is 1770 g/mol. The number of hydrogen-bond donors (Lipinski definition) is 6. The van der Waals surface area contributed by atoms with Gasteiger partial charge in [-0.15, -0.1) is 12.4 Å². The molecule has 12 aromatic rings. The van der Waals surface area contributed by atoms with Gasteiger partial charge in [0, 0.05) is 136 Å². The monoisotopic (exact) mass is 1870 g/mol. The standard InChI is InChI=1S/C29H30FNO6.C27H26FNO6.C22H23IO6.C7H9BFNO2.CH2O3.ClH.2K.Li.H2O.H/c1-4-35-27(32)13-19-8-9-22(34-3)14-26(19)36-16-18-10-21-12-23(17-33-2)37-29(21)25(11-18)24-7-5-6-20(15-31)28(24)30;1-32-15-21-10-19-8-16(14-34-24-12-20(33-2)7-6-17(24)11-25(30)31)9-23(27(19)35-21)22-5-3-4-18(13-29)26(22)28;1-4-27-21(24)10-15-5-6-17(26-3)11-20(15)28-12-14-7-16-9-18(13-25-2)29-22(16)19(23)8-14;9-7-5(4-10)2-1-3-6(7)8(11)12;2-1-4-3;;;;;;/h5-12,14H,4,13,15-17,31H2,1-3H3;3-10,12H,11,13-15,29H2,1-2H3,(H,30,31);5-9,11H,4,10,12-13H2,1-3H3;1-3,11-12H,4,10H2;1,3H;1H;;;;1H2;/q;;;;;;3*+1;;-1/p-2. The molecule has 0 aliphatic carbocycles. The Morgan fingerprint density at radius 1 is 0.475 bits per heavy atom. The van der Waals surface area contributed by atoms with Crippen LogP contribution in [0.3, 0.4) is 0 Å². The molecule has 0 radical (unpaired) electrons. The maximum absolute atomic E-state index is 15.3. The molecule has 636 valence electrons. The Morgan fingerprint density at radius 2 is 0.811 bits per heavy atom. The second-order valence-corrected chi connectivity index (χ2v) is 26.6. The van der Waals surface area contributed by atoms with Crippen molar-refractivity contribution in [3.8, 4) is 56.8 Å². The Kier molecular flexibility index (Phi) is 49.8. The number of hydrogen-bond acceptors (Lipinski definition) is 26. The van der Waals surface area contributed by atoms with Gasteiger partial charge in [0.25, 0.3) is 6.47 Å². The maximum atomic E-state index is 15.3. The molecule has 0 fully saturated rings. The minimum Gasteiger partial charge on any atom is -1.00 e. The summed E-state index contributed by atoms with van der Waals surface area (Å²) >= 11 is 2.25. The summed E-state index contributed by atoms with van der Waals surface area (Å²) in [5.74, 6) is 2.26. The number of rotatable bonds is 33. The predicted molar refractivity (Wildman–Crippen MR) is 446 cm³/mol. The van der Waals surface area contributed by atoms with Crippen LogP contribution in [0.15, 0.2) is 177 Å². The largest absolute Gasteiger partial charge is 1.00 e. The number of benzene rings is 9. The number of carboxylic acids is 1. The van der Waals surface area contributed by atoms with Gasteiger partial charge in [0.15, 0.2) is 0 Å². The van der Waals surface area contributed by atoms with Gasteiger partial charge in [-0.25, -0.2) is 13.2 Å². The number of halogens is 5. The average molecular weight is 1870 g/mol. The number of carboxylic acid groups (broad SMARTS) is 1. The summed E-state index contributed by atoms with van der Waals surface area (Å²) in [5.41, 5.74) is 25.9. The summed E-state index contributed by atoms with van der Waals surface area (Å²) in [4.78, 5) is 46.6. The van der Waals surface area contributed by atoms with Crippen LogP contribution in [-0.2, 0) is 126 Å². The van der Waals surface area contributed by atoms with Crippen molar-refractivity contribution in [2.75, 3.05) is 55.9 Å². The number of furan rings is 3. The van der Waals surface area contributed by atoms with Crippen molar-refractivity contribution < 1.29 is 252 Å². The first-order valence-electron chi connectivity index (χ1n) is 36.2. The summed E-state index contributed by atoms with van der Waals surface area (Å²) in [6.07, 6.45) is 0.0192. The number of carbonyl (C=O) groups is 4. The Bertz CT molecular complexity index is 5370. The smallest absolute Gasteiger partial charge is 1.00 e. The first-order valence-corrected chi connectivity index (χ1v) is 37.3. The van der Waals surface area contributed by atoms with E-state index < -0.39 is 30.5 Å². The van der Waals surface area contributed by atoms with Gasteiger partial charge in [0.05, 0.1) is 57.4 Å². The molecule has 0 atom stereocenters. The first-order chi connectivity index (χ1) is 56.5. The summed E-state index contributed by atoms with van der Waals surface area (Å²) in [7, 11) is 7.69. The molecule has 27 nitrogen and oxygen atoms in total. The number of carbonyl (C=O) groups excluding carboxylic acids is 3. The van der Waals surface area contributed by atoms with Crippen LogP contribution in [0.1, 0.15) is 82.6 Å². The molecule has 0 spiro atoms. The van der Waals surface area contributed by atoms with Crippen LogP contribution in [0.2, 0.25) is 0 Å². The Morgan fingerprint density at radius 3 is 1.14 bits per heavy atom. The van der Waals surface area contributed by atoms with Crippen molar-refractivity contribution in [1.82, 2.24) is 0 Å². The van der Waals surface area contributed by atoms with Gasteiger partial charge in [-0.1, -0.05) is 72.8 Å². The molecule has 12 rings (SSSR count). The van der Waals surface area contributed by atoms with Gasteiger partial charge < -0.3 is 115 Å². The second-order valence-electron chi connectivity index (χ2n) is 25.4. The van der Waals surface area contributed by atoms with Gasteiger partial charge in [-0.3, -0.25) is 19.2 Å². The van der Waals surface area contributed by atoms with Crippen LogP contribution in [0.4, 0.5) is 13.2 Å². The van der Waals surface area contributed by atoms with Gasteiger partial charge in [-0.05, 0) is 126 Å². The Labute approximate surface area is 821 Å². The number of fused-ring (bicyclic) bond motifs is 3. The van der Waals surface area contributed by atoms with Gasteiger partial charge in [-0.2, -0.15) is 0 Å². The molecule has 36 heteroatoms. The van der Waals surface area contributed by atoms with Crippen LogP contribution in [-0.4, -0.2) is 108 Å². The van der Waals surface area contributed by atoms with E-state index in [1.165, 1.54) is 25.3 Å². The summed E-state index contributed by atoms with van der Waals surface area (Å²) in [6, 6.07) is 47.4. The van der Waals surface area contributed by atoms with Gasteiger partial charge >= 0.3 is 147 Å². The van der Waals surface area contributed by atoms with Crippen LogP contribution in [0.5, 0.6) is 34.5 Å². The van der Waals surface area contributed by atoms with Gasteiger partial charge in [0.2, 0.25) is 0 Å². The molecule has 0 saturated heterocycles. The van der Waals surface area contributed by atoms with Crippen molar-refractivity contribution in [2.45, 2.75) is 92.4 Å². The fraction of sp³-hybridized carbons (Fsp3) is 0.256. The van der Waals surface area contributed by atoms with Crippen LogP contribution in [0.25, 0.3) is 55.2 Å². The van der Waals surface area contributed by atoms with E-state index in [0.717, 1.165) is 53.3 Å². The Hall–Kier alpha value is -7.37. The zero-order chi connectivity index (χ0) is 84.7. The zero-order valence-electron chi connectivity index (χ0n) is 70.2. The van der Waals surface area contributed by atoms with Crippen molar-refractivity contribution in [1.29, 1.82) is 0 Å². The third-order valence-corrected chi connectivity index (χ3v) is 18.2. The van der Waals surface area contributed by atoms with E-state index in [2.05, 4.69) is 27.5 Å². The number of nitrogens with two attached hydrogens (primary N) is 3. The molecule has 0 saturated carbocycles. The van der Waals surface area contributed by atoms with Gasteiger partial charge in [0.1, 0.15) is 126 Å². The average Bonchev–Trinajstić information content (AvgIpc) is 1.67. The minimum absolute atomic E-state index is 0. The van der Waals surface area contributed by atoms with Crippen molar-refractivity contribution >= 4 is 105 Å². The van der Waals surface area contributed by atoms with E-state index in [1.54, 1.807) is 140 Å². The van der Waals surface area contributed by atoms with E-state index in [1.807, 2.05) is 54.6 Å². The fourth-order valence-corrected chi connectivity index (χ4v) is 12.9. The summed E-state index contributed by atoms with van der Waals surface area (Å²) in [5, 5.41) is 37.6. The van der Waals surface area contributed by atoms with E-state index in [4.69, 9.17) is 103 Å². The molecule has 122 heavy (non-hydrogen) atoms. The molecule has 0 aliphatic rings. The van der Waals surface area contributed by atoms with Crippen LogP contribution in [0, 0.1) is 21.0 Å². The zero-order valence-corrected chi connectivity index (χ0v) is 78.5.